The summed E-state index contributed by atoms with van der Waals surface area (Å²) in [5.74, 6) is 0.199. The molecule has 0 aliphatic carbocycles. The maximum absolute atomic E-state index is 12.6. The molecule has 0 saturated carbocycles. The van der Waals surface area contributed by atoms with Gasteiger partial charge in [0, 0.05) is 43.9 Å². The van der Waals surface area contributed by atoms with E-state index in [0.717, 1.165) is 5.56 Å². The molecule has 0 bridgehead atoms. The molecular weight excluding hydrogens is 386 g/mol. The summed E-state index contributed by atoms with van der Waals surface area (Å²) in [5.41, 5.74) is 2.19. The predicted octanol–water partition coefficient (Wildman–Crippen LogP) is 2.33. The lowest BCUT2D eigenvalue weighted by atomic mass is 10.1. The minimum absolute atomic E-state index is 0.116. The number of methoxy groups -OCH3 is 2. The van der Waals surface area contributed by atoms with Crippen molar-refractivity contribution in [1.82, 2.24) is 5.32 Å². The number of nitrogens with zero attached hydrogens (tertiary/aromatic N) is 1. The molecule has 158 valence electrons. The van der Waals surface area contributed by atoms with Crippen molar-refractivity contribution >= 4 is 29.1 Å². The highest BCUT2D eigenvalue weighted by Crippen LogP contribution is 2.34. The van der Waals surface area contributed by atoms with E-state index >= 15 is 0 Å². The second-order valence-corrected chi connectivity index (χ2v) is 7.04. The highest BCUT2D eigenvalue weighted by Gasteiger charge is 2.35. The van der Waals surface area contributed by atoms with Gasteiger partial charge in [-0.1, -0.05) is 12.1 Å². The van der Waals surface area contributed by atoms with Crippen molar-refractivity contribution in [3.8, 4) is 11.5 Å². The van der Waals surface area contributed by atoms with Gasteiger partial charge >= 0.3 is 0 Å². The van der Waals surface area contributed by atoms with Crippen LogP contribution >= 0.6 is 0 Å². The molecule has 2 aromatic carbocycles. The van der Waals surface area contributed by atoms with Crippen LogP contribution in [-0.2, 0) is 20.9 Å². The topological polar surface area (TPSA) is 97.0 Å². The third-order valence-electron chi connectivity index (χ3n) is 4.89. The molecule has 3 amide bonds. The van der Waals surface area contributed by atoms with Gasteiger partial charge in [-0.05, 0) is 29.8 Å². The number of carbonyl (C=O) groups is 3. The van der Waals surface area contributed by atoms with Crippen LogP contribution in [-0.4, -0.2) is 38.5 Å². The quantitative estimate of drug-likeness (QED) is 0.729. The molecule has 2 aromatic rings. The molecule has 0 aromatic heterocycles. The molecule has 1 fully saturated rings. The third-order valence-corrected chi connectivity index (χ3v) is 4.89. The first-order chi connectivity index (χ1) is 14.4. The van der Waals surface area contributed by atoms with Crippen LogP contribution < -0.4 is 25.0 Å². The van der Waals surface area contributed by atoms with E-state index in [4.69, 9.17) is 9.47 Å². The van der Waals surface area contributed by atoms with Gasteiger partial charge in [0.2, 0.25) is 17.7 Å². The van der Waals surface area contributed by atoms with Gasteiger partial charge in [0.05, 0.1) is 20.1 Å². The second kappa shape index (κ2) is 9.30. The molecule has 1 atom stereocenters. The Bertz CT molecular complexity index is 960. The van der Waals surface area contributed by atoms with E-state index in [2.05, 4.69) is 10.6 Å². The van der Waals surface area contributed by atoms with Crippen LogP contribution in [0.4, 0.5) is 11.4 Å². The van der Waals surface area contributed by atoms with Crippen LogP contribution in [0, 0.1) is 5.92 Å². The van der Waals surface area contributed by atoms with Crippen LogP contribution in [0.5, 0.6) is 11.5 Å². The molecule has 0 radical (unpaired) electrons. The molecule has 8 heteroatoms. The lowest BCUT2D eigenvalue weighted by Gasteiger charge is -2.18. The molecule has 30 heavy (non-hydrogen) atoms. The maximum Gasteiger partial charge on any atom is 0.227 e. The molecule has 0 spiro atoms. The average Bonchev–Trinajstić information content (AvgIpc) is 3.13. The van der Waals surface area contributed by atoms with E-state index in [0.29, 0.717) is 36.0 Å². The standard InChI is InChI=1S/C22H25N3O5/c1-14(26)24-17-6-4-5-15(9-17)12-23-22(28)16-10-21(27)25(13-16)18-7-8-19(29-2)20(11-18)30-3/h4-9,11,16H,10,12-13H2,1-3H3,(H,23,28)(H,24,26). The van der Waals surface area contributed by atoms with Crippen molar-refractivity contribution < 1.29 is 23.9 Å². The first kappa shape index (κ1) is 21.2. The summed E-state index contributed by atoms with van der Waals surface area (Å²) >= 11 is 0. The summed E-state index contributed by atoms with van der Waals surface area (Å²) in [7, 11) is 3.08. The van der Waals surface area contributed by atoms with Crippen molar-refractivity contribution in [1.29, 1.82) is 0 Å². The zero-order valence-corrected chi connectivity index (χ0v) is 17.2. The third kappa shape index (κ3) is 4.89. The fraction of sp³-hybridized carbons (Fsp3) is 0.318. The van der Waals surface area contributed by atoms with Crippen LogP contribution in [0.15, 0.2) is 42.5 Å². The zero-order valence-electron chi connectivity index (χ0n) is 17.2. The highest BCUT2D eigenvalue weighted by atomic mass is 16.5. The number of carbonyl (C=O) groups excluding carboxylic acids is 3. The van der Waals surface area contributed by atoms with Crippen molar-refractivity contribution in [3.05, 3.63) is 48.0 Å². The summed E-state index contributed by atoms with van der Waals surface area (Å²) in [6, 6.07) is 12.5. The Morgan fingerprint density at radius 3 is 2.57 bits per heavy atom. The van der Waals surface area contributed by atoms with E-state index < -0.39 is 5.92 Å². The Kier molecular flexibility index (Phi) is 6.56. The Hall–Kier alpha value is -3.55. The van der Waals surface area contributed by atoms with Crippen molar-refractivity contribution in [2.24, 2.45) is 5.92 Å². The number of ether oxygens (including phenoxy) is 2. The van der Waals surface area contributed by atoms with Gasteiger partial charge in [0.1, 0.15) is 0 Å². The monoisotopic (exact) mass is 411 g/mol. The smallest absolute Gasteiger partial charge is 0.227 e. The van der Waals surface area contributed by atoms with Gasteiger partial charge in [0.15, 0.2) is 11.5 Å². The van der Waals surface area contributed by atoms with Crippen LogP contribution in [0.25, 0.3) is 0 Å². The minimum Gasteiger partial charge on any atom is -0.493 e. The largest absolute Gasteiger partial charge is 0.493 e. The molecule has 1 heterocycles. The number of anilines is 2. The highest BCUT2D eigenvalue weighted by molar-refractivity contribution is 6.00. The molecular formula is C22H25N3O5. The average molecular weight is 411 g/mol. The van der Waals surface area contributed by atoms with Gasteiger partial charge in [-0.3, -0.25) is 14.4 Å². The number of rotatable bonds is 7. The molecule has 1 aliphatic rings. The molecule has 2 N–H and O–H groups in total. The van der Waals surface area contributed by atoms with E-state index in [1.807, 2.05) is 12.1 Å². The van der Waals surface area contributed by atoms with Gasteiger partial charge < -0.3 is 25.0 Å². The van der Waals surface area contributed by atoms with Gasteiger partial charge in [-0.2, -0.15) is 0 Å². The Labute approximate surface area is 175 Å². The normalized spacial score (nSPS) is 15.6. The molecule has 1 aliphatic heterocycles. The van der Waals surface area contributed by atoms with Crippen LogP contribution in [0.3, 0.4) is 0 Å². The maximum atomic E-state index is 12.6. The van der Waals surface area contributed by atoms with Gasteiger partial charge in [0.25, 0.3) is 0 Å². The lowest BCUT2D eigenvalue weighted by Crippen LogP contribution is -2.32. The second-order valence-electron chi connectivity index (χ2n) is 7.04. The van der Waals surface area contributed by atoms with E-state index in [1.165, 1.54) is 14.0 Å². The fourth-order valence-corrected chi connectivity index (χ4v) is 3.42. The first-order valence-electron chi connectivity index (χ1n) is 9.58. The number of benzene rings is 2. The van der Waals surface area contributed by atoms with Crippen molar-refractivity contribution in [2.75, 3.05) is 31.0 Å². The fourth-order valence-electron chi connectivity index (χ4n) is 3.42. The van der Waals surface area contributed by atoms with E-state index in [-0.39, 0.29) is 24.1 Å². The molecule has 8 nitrogen and oxygen atoms in total. The van der Waals surface area contributed by atoms with E-state index in [1.54, 1.807) is 42.3 Å². The summed E-state index contributed by atoms with van der Waals surface area (Å²) in [6.45, 7) is 2.05. The lowest BCUT2D eigenvalue weighted by molar-refractivity contribution is -0.126. The minimum atomic E-state index is -0.441. The molecule has 1 unspecified atom stereocenters. The Morgan fingerprint density at radius 1 is 1.10 bits per heavy atom. The summed E-state index contributed by atoms with van der Waals surface area (Å²) in [4.78, 5) is 37.9. The summed E-state index contributed by atoms with van der Waals surface area (Å²) in [5, 5.41) is 5.59. The SMILES string of the molecule is COc1ccc(N2CC(C(=O)NCc3cccc(NC(C)=O)c3)CC2=O)cc1OC. The number of hydrogen-bond acceptors (Lipinski definition) is 5. The van der Waals surface area contributed by atoms with Gasteiger partial charge in [-0.15, -0.1) is 0 Å². The van der Waals surface area contributed by atoms with E-state index in [9.17, 15) is 14.4 Å². The Balaban J connectivity index is 1.62. The number of amides is 3. The number of hydrogen-bond donors (Lipinski definition) is 2. The van der Waals surface area contributed by atoms with Crippen molar-refractivity contribution in [2.45, 2.75) is 19.9 Å². The summed E-state index contributed by atoms with van der Waals surface area (Å²) in [6.07, 6.45) is 0.145. The van der Waals surface area contributed by atoms with Crippen LogP contribution in [0.2, 0.25) is 0 Å². The van der Waals surface area contributed by atoms with Crippen LogP contribution in [0.1, 0.15) is 18.9 Å². The summed E-state index contributed by atoms with van der Waals surface area (Å²) < 4.78 is 10.5. The molecule has 1 saturated heterocycles. The van der Waals surface area contributed by atoms with Crippen molar-refractivity contribution in [3.63, 3.8) is 0 Å². The first-order valence-corrected chi connectivity index (χ1v) is 9.58. The number of nitrogens with one attached hydrogen (secondary N) is 2. The predicted molar refractivity (Wildman–Crippen MR) is 113 cm³/mol. The van der Waals surface area contributed by atoms with Gasteiger partial charge in [-0.25, -0.2) is 0 Å². The Morgan fingerprint density at radius 2 is 1.87 bits per heavy atom. The molecule has 3 rings (SSSR count). The zero-order chi connectivity index (χ0) is 21.7.